The molecule has 5 nitrogen and oxygen atoms in total. The molecule has 0 saturated carbocycles. The standard InChI is InChI=1S/C12H19N3O2/c1-4-14-7-10-11(6-5-9(2)15-10)17-8-12(16)13-3/h5-6,14H,4,7-8H2,1-3H3,(H,13,16). The first-order valence-corrected chi connectivity index (χ1v) is 5.68. The minimum atomic E-state index is -0.153. The Morgan fingerprint density at radius 3 is 2.88 bits per heavy atom. The van der Waals surface area contributed by atoms with E-state index in [-0.39, 0.29) is 12.5 Å². The van der Waals surface area contributed by atoms with E-state index in [1.165, 1.54) is 0 Å². The zero-order valence-corrected chi connectivity index (χ0v) is 10.5. The van der Waals surface area contributed by atoms with Crippen LogP contribution in [0.1, 0.15) is 18.3 Å². The second-order valence-corrected chi connectivity index (χ2v) is 3.64. The van der Waals surface area contributed by atoms with Gasteiger partial charge in [-0.2, -0.15) is 0 Å². The van der Waals surface area contributed by atoms with E-state index in [0.29, 0.717) is 12.3 Å². The van der Waals surface area contributed by atoms with Gasteiger partial charge in [-0.1, -0.05) is 6.92 Å². The van der Waals surface area contributed by atoms with Crippen molar-refractivity contribution in [3.05, 3.63) is 23.5 Å². The van der Waals surface area contributed by atoms with Crippen molar-refractivity contribution < 1.29 is 9.53 Å². The molecule has 0 bridgehead atoms. The second kappa shape index (κ2) is 6.85. The summed E-state index contributed by atoms with van der Waals surface area (Å²) in [6, 6.07) is 3.71. The molecule has 1 aromatic heterocycles. The van der Waals surface area contributed by atoms with Crippen LogP contribution in [0.15, 0.2) is 12.1 Å². The van der Waals surface area contributed by atoms with Gasteiger partial charge in [0, 0.05) is 19.3 Å². The van der Waals surface area contributed by atoms with Crippen molar-refractivity contribution in [1.82, 2.24) is 15.6 Å². The molecule has 0 unspecified atom stereocenters. The minimum absolute atomic E-state index is 0.0143. The van der Waals surface area contributed by atoms with Gasteiger partial charge >= 0.3 is 0 Å². The van der Waals surface area contributed by atoms with Crippen LogP contribution in [-0.4, -0.2) is 31.1 Å². The monoisotopic (exact) mass is 237 g/mol. The summed E-state index contributed by atoms with van der Waals surface area (Å²) in [7, 11) is 1.58. The van der Waals surface area contributed by atoms with Crippen LogP contribution in [0.4, 0.5) is 0 Å². The van der Waals surface area contributed by atoms with Gasteiger partial charge in [-0.25, -0.2) is 0 Å². The largest absolute Gasteiger partial charge is 0.482 e. The van der Waals surface area contributed by atoms with Crippen molar-refractivity contribution in [2.45, 2.75) is 20.4 Å². The molecule has 1 aromatic rings. The van der Waals surface area contributed by atoms with Crippen LogP contribution in [0.3, 0.4) is 0 Å². The summed E-state index contributed by atoms with van der Waals surface area (Å²) in [5.41, 5.74) is 1.76. The number of nitrogens with one attached hydrogen (secondary N) is 2. The van der Waals surface area contributed by atoms with Gasteiger partial charge in [-0.15, -0.1) is 0 Å². The lowest BCUT2D eigenvalue weighted by Crippen LogP contribution is -2.25. The topological polar surface area (TPSA) is 63.3 Å². The first-order chi connectivity index (χ1) is 8.17. The van der Waals surface area contributed by atoms with E-state index in [2.05, 4.69) is 15.6 Å². The molecule has 0 radical (unpaired) electrons. The van der Waals surface area contributed by atoms with E-state index in [1.54, 1.807) is 7.05 Å². The third-order valence-electron chi connectivity index (χ3n) is 2.25. The molecule has 0 atom stereocenters. The summed E-state index contributed by atoms with van der Waals surface area (Å²) in [6.45, 7) is 5.48. The molecule has 0 spiro atoms. The number of hydrogen-bond donors (Lipinski definition) is 2. The Kier molecular flexibility index (Phi) is 5.42. The molecule has 17 heavy (non-hydrogen) atoms. The van der Waals surface area contributed by atoms with Crippen LogP contribution >= 0.6 is 0 Å². The summed E-state index contributed by atoms with van der Waals surface area (Å²) < 4.78 is 5.43. The minimum Gasteiger partial charge on any atom is -0.482 e. The van der Waals surface area contributed by atoms with Gasteiger partial charge in [0.15, 0.2) is 6.61 Å². The number of carbonyl (C=O) groups is 1. The molecule has 0 saturated heterocycles. The molecule has 0 aliphatic rings. The van der Waals surface area contributed by atoms with Crippen molar-refractivity contribution in [3.8, 4) is 5.75 Å². The molecule has 94 valence electrons. The molecular formula is C12H19N3O2. The van der Waals surface area contributed by atoms with Crippen molar-refractivity contribution in [3.63, 3.8) is 0 Å². The normalized spacial score (nSPS) is 10.1. The molecule has 1 heterocycles. The Bertz CT molecular complexity index is 380. The number of ether oxygens (including phenoxy) is 1. The van der Waals surface area contributed by atoms with Crippen LogP contribution in [0.5, 0.6) is 5.75 Å². The van der Waals surface area contributed by atoms with Crippen LogP contribution in [0.25, 0.3) is 0 Å². The number of rotatable bonds is 6. The Labute approximate surface area is 102 Å². The summed E-state index contributed by atoms with van der Waals surface area (Å²) in [6.07, 6.45) is 0. The van der Waals surface area contributed by atoms with E-state index in [1.807, 2.05) is 26.0 Å². The van der Waals surface area contributed by atoms with Gasteiger partial charge in [0.2, 0.25) is 0 Å². The molecular weight excluding hydrogens is 218 g/mol. The third-order valence-corrected chi connectivity index (χ3v) is 2.25. The van der Waals surface area contributed by atoms with Gasteiger partial charge in [-0.05, 0) is 25.6 Å². The maximum absolute atomic E-state index is 11.1. The Morgan fingerprint density at radius 1 is 1.47 bits per heavy atom. The zero-order chi connectivity index (χ0) is 12.7. The first-order valence-electron chi connectivity index (χ1n) is 5.68. The maximum atomic E-state index is 11.1. The highest BCUT2D eigenvalue weighted by molar-refractivity contribution is 5.77. The van der Waals surface area contributed by atoms with Crippen molar-refractivity contribution in [2.75, 3.05) is 20.2 Å². The Hall–Kier alpha value is -1.62. The molecule has 1 rings (SSSR count). The number of pyridine rings is 1. The van der Waals surface area contributed by atoms with Crippen molar-refractivity contribution in [1.29, 1.82) is 0 Å². The lowest BCUT2D eigenvalue weighted by Gasteiger charge is -2.11. The molecule has 0 aliphatic heterocycles. The molecule has 0 fully saturated rings. The van der Waals surface area contributed by atoms with Crippen LogP contribution in [0.2, 0.25) is 0 Å². The van der Waals surface area contributed by atoms with E-state index in [4.69, 9.17) is 4.74 Å². The zero-order valence-electron chi connectivity index (χ0n) is 10.5. The van der Waals surface area contributed by atoms with Crippen LogP contribution < -0.4 is 15.4 Å². The van der Waals surface area contributed by atoms with Crippen molar-refractivity contribution >= 4 is 5.91 Å². The fourth-order valence-electron chi connectivity index (χ4n) is 1.31. The van der Waals surface area contributed by atoms with E-state index < -0.39 is 0 Å². The van der Waals surface area contributed by atoms with Gasteiger partial charge < -0.3 is 15.4 Å². The maximum Gasteiger partial charge on any atom is 0.257 e. The smallest absolute Gasteiger partial charge is 0.257 e. The molecule has 0 aromatic carbocycles. The molecule has 1 amide bonds. The van der Waals surface area contributed by atoms with Gasteiger partial charge in [0.05, 0.1) is 5.69 Å². The summed E-state index contributed by atoms with van der Waals surface area (Å²) in [4.78, 5) is 15.5. The number of likely N-dealkylation sites (N-methyl/N-ethyl adjacent to an activating group) is 1. The average Bonchev–Trinajstić information content (AvgIpc) is 2.34. The lowest BCUT2D eigenvalue weighted by atomic mass is 10.3. The molecule has 2 N–H and O–H groups in total. The average molecular weight is 237 g/mol. The Morgan fingerprint density at radius 2 is 2.24 bits per heavy atom. The number of amides is 1. The second-order valence-electron chi connectivity index (χ2n) is 3.64. The van der Waals surface area contributed by atoms with Gasteiger partial charge in [-0.3, -0.25) is 9.78 Å². The lowest BCUT2D eigenvalue weighted by molar-refractivity contribution is -0.122. The van der Waals surface area contributed by atoms with E-state index in [0.717, 1.165) is 17.9 Å². The number of aryl methyl sites for hydroxylation is 1. The molecule has 5 heteroatoms. The summed E-state index contributed by atoms with van der Waals surface area (Å²) >= 11 is 0. The summed E-state index contributed by atoms with van der Waals surface area (Å²) in [5.74, 6) is 0.500. The van der Waals surface area contributed by atoms with Gasteiger partial charge in [0.25, 0.3) is 5.91 Å². The van der Waals surface area contributed by atoms with Gasteiger partial charge in [0.1, 0.15) is 5.75 Å². The SMILES string of the molecule is CCNCc1nc(C)ccc1OCC(=O)NC. The predicted molar refractivity (Wildman–Crippen MR) is 65.9 cm³/mol. The number of hydrogen-bond acceptors (Lipinski definition) is 4. The fourth-order valence-corrected chi connectivity index (χ4v) is 1.31. The van der Waals surface area contributed by atoms with Crippen LogP contribution in [0, 0.1) is 6.92 Å². The molecule has 0 aliphatic carbocycles. The highest BCUT2D eigenvalue weighted by atomic mass is 16.5. The van der Waals surface area contributed by atoms with Crippen LogP contribution in [-0.2, 0) is 11.3 Å². The number of carbonyl (C=O) groups excluding carboxylic acids is 1. The van der Waals surface area contributed by atoms with E-state index in [9.17, 15) is 4.79 Å². The number of nitrogens with zero attached hydrogens (tertiary/aromatic N) is 1. The predicted octanol–water partition coefficient (Wildman–Crippen LogP) is 0.624. The Balaban J connectivity index is 2.71. The highest BCUT2D eigenvalue weighted by Crippen LogP contribution is 2.16. The third kappa shape index (κ3) is 4.40. The van der Waals surface area contributed by atoms with E-state index >= 15 is 0 Å². The summed E-state index contributed by atoms with van der Waals surface area (Å²) in [5, 5.41) is 5.70. The first kappa shape index (κ1) is 13.4. The number of aromatic nitrogens is 1. The quantitative estimate of drug-likeness (QED) is 0.761. The highest BCUT2D eigenvalue weighted by Gasteiger charge is 2.07. The van der Waals surface area contributed by atoms with Crippen molar-refractivity contribution in [2.24, 2.45) is 0 Å². The fraction of sp³-hybridized carbons (Fsp3) is 0.500.